The van der Waals surface area contributed by atoms with Crippen molar-refractivity contribution in [2.45, 2.75) is 72.4 Å². The van der Waals surface area contributed by atoms with Crippen molar-refractivity contribution >= 4 is 29.8 Å². The summed E-state index contributed by atoms with van der Waals surface area (Å²) in [5.74, 6) is -15.0. The second-order valence-corrected chi connectivity index (χ2v) is 9.26. The van der Waals surface area contributed by atoms with Gasteiger partial charge in [-0.15, -0.1) is 0 Å². The largest absolute Gasteiger partial charge is 5.00 e. The van der Waals surface area contributed by atoms with E-state index in [1.54, 1.807) is 0 Å². The van der Waals surface area contributed by atoms with Gasteiger partial charge in [-0.2, -0.15) is 65.9 Å². The fourth-order valence-corrected chi connectivity index (χ4v) is 2.40. The number of carboxylic acid groups (broad SMARTS) is 5. The van der Waals surface area contributed by atoms with Gasteiger partial charge in [0.25, 0.3) is 0 Å². The number of halogens is 15. The summed E-state index contributed by atoms with van der Waals surface area (Å²) in [6, 6.07) is 13.1. The number of benzene rings is 2. The number of carbonyl (C=O) groups excluding carboxylic acids is 5. The van der Waals surface area contributed by atoms with E-state index < -0.39 is 60.7 Å². The molecule has 0 aromatic heterocycles. The van der Waals surface area contributed by atoms with E-state index in [2.05, 4.69) is 77.9 Å². The van der Waals surface area contributed by atoms with E-state index in [-0.39, 0.29) is 18.6 Å². The molecular formula is C28H24F15O10V. The molecule has 0 spiro atoms. The Hall–Kier alpha value is -4.68. The number of hydrogen-bond donors (Lipinski definition) is 0. The van der Waals surface area contributed by atoms with Gasteiger partial charge in [-0.3, -0.25) is 0 Å². The molecule has 0 atom stereocenters. The van der Waals surface area contributed by atoms with Crippen LogP contribution in [0.2, 0.25) is 0 Å². The van der Waals surface area contributed by atoms with Gasteiger partial charge in [-0.1, -0.05) is 69.8 Å². The van der Waals surface area contributed by atoms with Crippen molar-refractivity contribution in [3.63, 3.8) is 0 Å². The number of alkyl halides is 15. The van der Waals surface area contributed by atoms with Crippen molar-refractivity contribution in [1.29, 1.82) is 0 Å². The van der Waals surface area contributed by atoms with Gasteiger partial charge >= 0.3 is 49.4 Å². The normalized spacial score (nSPS) is 10.5. The van der Waals surface area contributed by atoms with Crippen molar-refractivity contribution < 1.29 is 134 Å². The molecule has 0 aliphatic heterocycles. The second kappa shape index (κ2) is 26.2. The fourth-order valence-electron chi connectivity index (χ4n) is 2.40. The van der Waals surface area contributed by atoms with E-state index in [1.807, 2.05) is 0 Å². The molecule has 0 aliphatic rings. The average molecular weight is 856 g/mol. The van der Waals surface area contributed by atoms with Crippen molar-refractivity contribution in [1.82, 2.24) is 0 Å². The Morgan fingerprint density at radius 2 is 0.370 bits per heavy atom. The first-order chi connectivity index (χ1) is 23.1. The van der Waals surface area contributed by atoms with Crippen LogP contribution in [0, 0.1) is 41.5 Å². The minimum Gasteiger partial charge on any atom is -0.542 e. The van der Waals surface area contributed by atoms with Gasteiger partial charge in [0.2, 0.25) is 0 Å². The van der Waals surface area contributed by atoms with Gasteiger partial charge in [0.1, 0.15) is 29.8 Å². The Morgan fingerprint density at radius 3 is 0.407 bits per heavy atom. The third-order valence-corrected chi connectivity index (χ3v) is 3.89. The van der Waals surface area contributed by atoms with Crippen LogP contribution in [0.3, 0.4) is 0 Å². The molecular weight excluding hydrogens is 832 g/mol. The molecule has 0 aliphatic carbocycles. The first-order valence-electron chi connectivity index (χ1n) is 12.6. The van der Waals surface area contributed by atoms with Gasteiger partial charge in [0.15, 0.2) is 0 Å². The average Bonchev–Trinajstić information content (AvgIpc) is 2.86. The van der Waals surface area contributed by atoms with Crippen LogP contribution in [0.5, 0.6) is 0 Å². The molecule has 0 N–H and O–H groups in total. The van der Waals surface area contributed by atoms with Gasteiger partial charge in [-0.05, 0) is 41.5 Å². The molecule has 306 valence electrons. The van der Waals surface area contributed by atoms with Crippen LogP contribution < -0.4 is 25.5 Å². The quantitative estimate of drug-likeness (QED) is 0.352. The molecule has 2 aromatic carbocycles. The number of aryl methyl sites for hydroxylation is 6. The molecule has 2 rings (SSSR count). The molecule has 0 heterocycles. The molecule has 0 unspecified atom stereocenters. The first-order valence-corrected chi connectivity index (χ1v) is 12.6. The smallest absolute Gasteiger partial charge is 0.542 e. The molecule has 0 saturated heterocycles. The maximum Gasteiger partial charge on any atom is 5.00 e. The Morgan fingerprint density at radius 1 is 0.315 bits per heavy atom. The molecule has 0 fully saturated rings. The van der Waals surface area contributed by atoms with Gasteiger partial charge in [0, 0.05) is 0 Å². The maximum atomic E-state index is 10.5. The third-order valence-electron chi connectivity index (χ3n) is 3.89. The molecule has 2 aromatic rings. The zero-order valence-electron chi connectivity index (χ0n) is 27.7. The first kappa shape index (κ1) is 61.4. The Labute approximate surface area is 306 Å². The SMILES string of the molecule is Cc1cc(C)cc(C)c1.Cc1cc(C)cc(C)c1.O=C([O-])C(F)(F)F.O=C([O-])C(F)(F)F.O=C([O-])C(F)(F)F.O=C([O-])C(F)(F)F.O=C([O-])C(F)(F)F.[V+5]. The summed E-state index contributed by atoms with van der Waals surface area (Å²) in [6.45, 7) is 12.8. The van der Waals surface area contributed by atoms with Crippen LogP contribution in [0.15, 0.2) is 36.4 Å². The second-order valence-electron chi connectivity index (χ2n) is 9.26. The summed E-state index contributed by atoms with van der Waals surface area (Å²) in [5.41, 5.74) is 8.13. The van der Waals surface area contributed by atoms with Crippen molar-refractivity contribution in [3.05, 3.63) is 69.8 Å². The van der Waals surface area contributed by atoms with Crippen LogP contribution in [-0.4, -0.2) is 60.7 Å². The van der Waals surface area contributed by atoms with Crippen LogP contribution in [-0.2, 0) is 42.5 Å². The van der Waals surface area contributed by atoms with E-state index in [1.165, 1.54) is 33.4 Å². The van der Waals surface area contributed by atoms with E-state index in [9.17, 15) is 65.9 Å². The van der Waals surface area contributed by atoms with Gasteiger partial charge in [-0.25, -0.2) is 0 Å². The van der Waals surface area contributed by atoms with Crippen LogP contribution >= 0.6 is 0 Å². The Balaban J connectivity index is -0.000000125. The molecule has 0 bridgehead atoms. The summed E-state index contributed by atoms with van der Waals surface area (Å²) in [6.07, 6.45) is -26.0. The standard InChI is InChI=1S/2C9H12.5C2HF3O2.V/c2*1-7-4-8(2)6-9(3)5-7;5*3-2(4,5)1(6)7;/h2*4-6H,1-3H3;5*(H,6,7);/q;;;;;;;+5/p-5. The predicted molar refractivity (Wildman–Crippen MR) is 137 cm³/mol. The number of carboxylic acids is 5. The van der Waals surface area contributed by atoms with Crippen molar-refractivity contribution in [3.8, 4) is 0 Å². The maximum absolute atomic E-state index is 10.5. The minimum absolute atomic E-state index is 0. The van der Waals surface area contributed by atoms with Crippen LogP contribution in [0.4, 0.5) is 65.9 Å². The molecule has 0 radical (unpaired) electrons. The van der Waals surface area contributed by atoms with Gasteiger partial charge < -0.3 is 49.5 Å². The summed E-state index contributed by atoms with van der Waals surface area (Å²) in [4.78, 5) is 43.9. The minimum atomic E-state index is -5.19. The molecule has 26 heteroatoms. The molecule has 0 amide bonds. The van der Waals surface area contributed by atoms with Crippen molar-refractivity contribution in [2.75, 3.05) is 0 Å². The van der Waals surface area contributed by atoms with E-state index >= 15 is 0 Å². The fraction of sp³-hybridized carbons (Fsp3) is 0.393. The monoisotopic (exact) mass is 856 g/mol. The van der Waals surface area contributed by atoms with Crippen LogP contribution in [0.1, 0.15) is 33.4 Å². The number of carbonyl (C=O) groups is 5. The summed E-state index contributed by atoms with van der Waals surface area (Å²) in [7, 11) is 0. The Kier molecular flexibility index (Phi) is 29.7. The van der Waals surface area contributed by atoms with E-state index in [0.717, 1.165) is 0 Å². The van der Waals surface area contributed by atoms with E-state index in [0.29, 0.717) is 0 Å². The Bertz CT molecular complexity index is 1170. The van der Waals surface area contributed by atoms with Crippen LogP contribution in [0.25, 0.3) is 0 Å². The molecule has 10 nitrogen and oxygen atoms in total. The van der Waals surface area contributed by atoms with Gasteiger partial charge in [0.05, 0.1) is 0 Å². The topological polar surface area (TPSA) is 201 Å². The number of rotatable bonds is 0. The summed E-state index contributed by atoms with van der Waals surface area (Å²) >= 11 is 0. The molecule has 0 saturated carbocycles. The summed E-state index contributed by atoms with van der Waals surface area (Å²) in [5, 5.41) is 43.9. The zero-order valence-corrected chi connectivity index (χ0v) is 29.1. The molecule has 54 heavy (non-hydrogen) atoms. The zero-order chi connectivity index (χ0) is 44.1. The summed E-state index contributed by atoms with van der Waals surface area (Å²) < 4.78 is 158. The third kappa shape index (κ3) is 41.7. The predicted octanol–water partition coefficient (Wildman–Crippen LogP) is 1.71. The van der Waals surface area contributed by atoms with Crippen molar-refractivity contribution in [2.24, 2.45) is 0 Å². The number of aliphatic carboxylic acids is 5. The number of hydrogen-bond acceptors (Lipinski definition) is 10. The van der Waals surface area contributed by atoms with E-state index in [4.69, 9.17) is 49.5 Å².